The normalized spacial score (nSPS) is 13.4. The van der Waals surface area contributed by atoms with Crippen LogP contribution >= 0.6 is 23.1 Å². The Labute approximate surface area is 118 Å². The average Bonchev–Trinajstić information content (AvgIpc) is 2.64. The van der Waals surface area contributed by atoms with E-state index in [1.54, 1.807) is 6.26 Å². The second kappa shape index (κ2) is 6.55. The Hall–Kier alpha value is -0.840. The number of nitrogens with one attached hydrogen (secondary N) is 2. The van der Waals surface area contributed by atoms with Gasteiger partial charge in [0, 0.05) is 5.69 Å². The van der Waals surface area contributed by atoms with Crippen LogP contribution in [-0.4, -0.2) is 42.5 Å². The van der Waals surface area contributed by atoms with Crippen molar-refractivity contribution in [2.45, 2.75) is 23.6 Å². The number of carboxylic acid groups (broad SMARTS) is 1. The Morgan fingerprint density at radius 3 is 2.63 bits per heavy atom. The van der Waals surface area contributed by atoms with Crippen molar-refractivity contribution in [3.63, 3.8) is 0 Å². The number of sulfonamides is 1. The van der Waals surface area contributed by atoms with Crippen LogP contribution in [0.15, 0.2) is 9.00 Å². The Kier molecular flexibility index (Phi) is 5.59. The number of hydrogen-bond donors (Lipinski definition) is 3. The molecule has 10 heteroatoms. The molecule has 1 atom stereocenters. The molecule has 1 rings (SSSR count). The highest BCUT2D eigenvalue weighted by Crippen LogP contribution is 2.16. The Bertz CT molecular complexity index is 604. The van der Waals surface area contributed by atoms with E-state index in [2.05, 4.69) is 9.71 Å². The van der Waals surface area contributed by atoms with Crippen LogP contribution in [0.3, 0.4) is 0 Å². The maximum atomic E-state index is 12.0. The van der Waals surface area contributed by atoms with E-state index in [1.807, 2.05) is 0 Å². The van der Waals surface area contributed by atoms with Crippen LogP contribution in [0.2, 0.25) is 0 Å². The topological polar surface area (TPSA) is 116 Å². The molecule has 0 aromatic carbocycles. The first kappa shape index (κ1) is 16.2. The minimum atomic E-state index is -4.00. The second-order valence-corrected chi connectivity index (χ2v) is 7.60. The molecule has 0 bridgehead atoms. The molecule has 1 aromatic heterocycles. The average molecular weight is 326 g/mol. The van der Waals surface area contributed by atoms with Gasteiger partial charge in [-0.05, 0) is 25.4 Å². The minimum Gasteiger partial charge on any atom is -0.480 e. The molecule has 108 valence electrons. The van der Waals surface area contributed by atoms with Gasteiger partial charge in [-0.15, -0.1) is 0 Å². The standard InChI is InChI=1S/C9H14N2O5S3/c1-5-8(18-9(14)10-5)19(15,16)11-6(7(12)13)3-4-17-2/h6,11H,3-4H2,1-2H3,(H,10,14)(H,12,13)/t6-/m1/s1. The van der Waals surface area contributed by atoms with E-state index in [-0.39, 0.29) is 16.3 Å². The number of carbonyl (C=O) groups is 1. The van der Waals surface area contributed by atoms with Gasteiger partial charge >= 0.3 is 10.8 Å². The molecule has 0 fully saturated rings. The first-order chi connectivity index (χ1) is 8.77. The SMILES string of the molecule is CSCC[C@@H](NS(=O)(=O)c1sc(=O)[nH]c1C)C(=O)O. The number of aromatic nitrogens is 1. The number of hydrogen-bond acceptors (Lipinski definition) is 6. The predicted octanol–water partition coefficient (Wildman–Crippen LogP) is 0.229. The fraction of sp³-hybridized carbons (Fsp3) is 0.556. The Balaban J connectivity index is 2.97. The minimum absolute atomic E-state index is 0.173. The molecular formula is C9H14N2O5S3. The largest absolute Gasteiger partial charge is 0.480 e. The molecule has 1 aromatic rings. The number of thiazole rings is 1. The first-order valence-electron chi connectivity index (χ1n) is 5.21. The summed E-state index contributed by atoms with van der Waals surface area (Å²) in [6.07, 6.45) is 1.98. The zero-order valence-corrected chi connectivity index (χ0v) is 12.7. The molecule has 0 aliphatic rings. The van der Waals surface area contributed by atoms with Crippen LogP contribution in [0, 0.1) is 6.92 Å². The molecule has 1 heterocycles. The summed E-state index contributed by atoms with van der Waals surface area (Å²) in [6.45, 7) is 1.45. The molecule has 19 heavy (non-hydrogen) atoms. The maximum absolute atomic E-state index is 12.0. The third kappa shape index (κ3) is 4.34. The maximum Gasteiger partial charge on any atom is 0.321 e. The van der Waals surface area contributed by atoms with Gasteiger partial charge < -0.3 is 10.1 Å². The van der Waals surface area contributed by atoms with Gasteiger partial charge in [0.1, 0.15) is 6.04 Å². The van der Waals surface area contributed by atoms with Crippen LogP contribution in [-0.2, 0) is 14.8 Å². The van der Waals surface area contributed by atoms with E-state index >= 15 is 0 Å². The lowest BCUT2D eigenvalue weighted by Crippen LogP contribution is -2.41. The Morgan fingerprint density at radius 2 is 2.21 bits per heavy atom. The van der Waals surface area contributed by atoms with Gasteiger partial charge in [0.2, 0.25) is 0 Å². The van der Waals surface area contributed by atoms with E-state index in [4.69, 9.17) is 5.11 Å². The summed E-state index contributed by atoms with van der Waals surface area (Å²) in [5.74, 6) is -0.722. The summed E-state index contributed by atoms with van der Waals surface area (Å²) in [7, 11) is -4.00. The van der Waals surface area contributed by atoms with Crippen molar-refractivity contribution in [2.75, 3.05) is 12.0 Å². The van der Waals surface area contributed by atoms with Gasteiger partial charge in [0.05, 0.1) is 0 Å². The van der Waals surface area contributed by atoms with E-state index in [9.17, 15) is 18.0 Å². The highest BCUT2D eigenvalue weighted by Gasteiger charge is 2.27. The van der Waals surface area contributed by atoms with Crippen LogP contribution in [0.1, 0.15) is 12.1 Å². The number of H-pyrrole nitrogens is 1. The van der Waals surface area contributed by atoms with Crippen LogP contribution in [0.5, 0.6) is 0 Å². The zero-order valence-electron chi connectivity index (χ0n) is 10.3. The smallest absolute Gasteiger partial charge is 0.321 e. The third-order valence-electron chi connectivity index (χ3n) is 2.23. The number of aryl methyl sites for hydroxylation is 1. The van der Waals surface area contributed by atoms with Crippen molar-refractivity contribution in [2.24, 2.45) is 0 Å². The van der Waals surface area contributed by atoms with Crippen molar-refractivity contribution in [3.05, 3.63) is 15.4 Å². The Morgan fingerprint density at radius 1 is 1.58 bits per heavy atom. The molecule has 0 spiro atoms. The monoisotopic (exact) mass is 326 g/mol. The summed E-state index contributed by atoms with van der Waals surface area (Å²) in [4.78, 5) is 24.0. The second-order valence-electron chi connectivity index (χ2n) is 3.72. The number of carboxylic acids is 1. The first-order valence-corrected chi connectivity index (χ1v) is 8.91. The molecule has 0 saturated carbocycles. The molecule has 0 unspecified atom stereocenters. The summed E-state index contributed by atoms with van der Waals surface area (Å²) < 4.78 is 26.0. The van der Waals surface area contributed by atoms with Crippen molar-refractivity contribution in [1.82, 2.24) is 9.71 Å². The molecule has 7 nitrogen and oxygen atoms in total. The zero-order chi connectivity index (χ0) is 14.6. The van der Waals surface area contributed by atoms with E-state index in [0.717, 1.165) is 0 Å². The molecule has 3 N–H and O–H groups in total. The summed E-state index contributed by atoms with van der Waals surface area (Å²) in [5, 5.41) is 8.98. The number of aliphatic carboxylic acids is 1. The highest BCUT2D eigenvalue weighted by atomic mass is 32.2. The quantitative estimate of drug-likeness (QED) is 0.660. The number of rotatable bonds is 7. The van der Waals surface area contributed by atoms with Crippen LogP contribution < -0.4 is 9.60 Å². The molecule has 0 amide bonds. The van der Waals surface area contributed by atoms with Gasteiger partial charge in [-0.1, -0.05) is 11.3 Å². The third-order valence-corrected chi connectivity index (χ3v) is 5.95. The van der Waals surface area contributed by atoms with E-state index in [1.165, 1.54) is 18.7 Å². The lowest BCUT2D eigenvalue weighted by atomic mass is 10.2. The van der Waals surface area contributed by atoms with Crippen LogP contribution in [0.25, 0.3) is 0 Å². The van der Waals surface area contributed by atoms with Crippen LogP contribution in [0.4, 0.5) is 0 Å². The van der Waals surface area contributed by atoms with Gasteiger partial charge in [-0.3, -0.25) is 9.59 Å². The van der Waals surface area contributed by atoms with Crippen molar-refractivity contribution >= 4 is 39.1 Å². The van der Waals surface area contributed by atoms with E-state index < -0.39 is 26.9 Å². The lowest BCUT2D eigenvalue weighted by Gasteiger charge is -2.13. The molecule has 0 aliphatic heterocycles. The fourth-order valence-corrected chi connectivity index (χ4v) is 4.37. The fourth-order valence-electron chi connectivity index (χ4n) is 1.36. The summed E-state index contributed by atoms with van der Waals surface area (Å²) >= 11 is 1.96. The summed E-state index contributed by atoms with van der Waals surface area (Å²) in [6, 6.07) is -1.20. The van der Waals surface area contributed by atoms with Crippen molar-refractivity contribution in [3.8, 4) is 0 Å². The molecule has 0 radical (unpaired) electrons. The predicted molar refractivity (Wildman–Crippen MR) is 74.4 cm³/mol. The van der Waals surface area contributed by atoms with Crippen molar-refractivity contribution < 1.29 is 18.3 Å². The molecule has 0 saturated heterocycles. The van der Waals surface area contributed by atoms with Gasteiger partial charge in [0.25, 0.3) is 10.0 Å². The molecular weight excluding hydrogens is 312 g/mol. The van der Waals surface area contributed by atoms with E-state index in [0.29, 0.717) is 17.1 Å². The van der Waals surface area contributed by atoms with Gasteiger partial charge in [-0.25, -0.2) is 8.42 Å². The van der Waals surface area contributed by atoms with Gasteiger partial charge in [-0.2, -0.15) is 16.5 Å². The lowest BCUT2D eigenvalue weighted by molar-refractivity contribution is -0.139. The van der Waals surface area contributed by atoms with Gasteiger partial charge in [0.15, 0.2) is 4.21 Å². The summed E-state index contributed by atoms with van der Waals surface area (Å²) in [5.41, 5.74) is 0.205. The van der Waals surface area contributed by atoms with Crippen molar-refractivity contribution in [1.29, 1.82) is 0 Å². The number of thioether (sulfide) groups is 1. The number of aromatic amines is 1. The highest BCUT2D eigenvalue weighted by molar-refractivity contribution is 7.98. The molecule has 0 aliphatic carbocycles.